The Bertz CT molecular complexity index is 433. The molecule has 1 aliphatic rings. The molecule has 0 amide bonds. The number of piperidine rings is 1. The quantitative estimate of drug-likeness (QED) is 0.750. The number of carbonyl (C=O) groups excluding carboxylic acids is 1. The Hall–Kier alpha value is -1.35. The number of esters is 1. The highest BCUT2D eigenvalue weighted by atomic mass is 16.5. The fourth-order valence-electron chi connectivity index (χ4n) is 3.01. The van der Waals surface area contributed by atoms with Crippen LogP contribution in [0.5, 0.6) is 0 Å². The second-order valence-electron chi connectivity index (χ2n) is 5.94. The van der Waals surface area contributed by atoms with Crippen LogP contribution < -0.4 is 0 Å². The number of nitrogens with zero attached hydrogens (tertiary/aromatic N) is 1. The molecule has 1 heterocycles. The van der Waals surface area contributed by atoms with E-state index < -0.39 is 0 Å². The van der Waals surface area contributed by atoms with Crippen LogP contribution in [0.4, 0.5) is 0 Å². The molecule has 0 radical (unpaired) electrons. The molecule has 1 fully saturated rings. The summed E-state index contributed by atoms with van der Waals surface area (Å²) in [7, 11) is 0. The fraction of sp³-hybridized carbons (Fsp3) is 0.611. The number of hydrogen-bond acceptors (Lipinski definition) is 3. The van der Waals surface area contributed by atoms with Crippen molar-refractivity contribution in [1.29, 1.82) is 0 Å². The van der Waals surface area contributed by atoms with Crippen LogP contribution in [0.3, 0.4) is 0 Å². The molecular weight excluding hydrogens is 262 g/mol. The highest BCUT2D eigenvalue weighted by molar-refractivity contribution is 5.69. The summed E-state index contributed by atoms with van der Waals surface area (Å²) in [5, 5.41) is 0. The normalized spacial score (nSPS) is 16.9. The van der Waals surface area contributed by atoms with Gasteiger partial charge >= 0.3 is 5.97 Å². The topological polar surface area (TPSA) is 29.5 Å². The largest absolute Gasteiger partial charge is 0.466 e. The van der Waals surface area contributed by atoms with Crippen molar-refractivity contribution in [2.45, 2.75) is 45.4 Å². The van der Waals surface area contributed by atoms with Crippen molar-refractivity contribution in [3.63, 3.8) is 0 Å². The maximum atomic E-state index is 11.3. The van der Waals surface area contributed by atoms with Crippen LogP contribution in [0.15, 0.2) is 24.3 Å². The van der Waals surface area contributed by atoms with Gasteiger partial charge in [0, 0.05) is 6.42 Å². The molecule has 3 heteroatoms. The fourth-order valence-corrected chi connectivity index (χ4v) is 3.01. The number of likely N-dealkylation sites (tertiary alicyclic amines) is 1. The standard InChI is InChI=1S/C18H27NO2/c1-3-21-18(20)5-4-12-19-13-10-17(11-14-19)16-8-6-15(2)7-9-16/h6-9,17H,3-5,10-14H2,1-2H3. The van der Waals surface area contributed by atoms with Crippen molar-refractivity contribution < 1.29 is 9.53 Å². The number of hydrogen-bond donors (Lipinski definition) is 0. The van der Waals surface area contributed by atoms with E-state index in [0.29, 0.717) is 18.9 Å². The average Bonchev–Trinajstić information content (AvgIpc) is 2.49. The Morgan fingerprint density at radius 1 is 1.24 bits per heavy atom. The molecule has 0 spiro atoms. The predicted molar refractivity (Wildman–Crippen MR) is 85.5 cm³/mol. The molecule has 0 saturated carbocycles. The van der Waals surface area contributed by atoms with Crippen molar-refractivity contribution in [2.75, 3.05) is 26.2 Å². The average molecular weight is 289 g/mol. The molecule has 2 rings (SSSR count). The molecule has 1 aliphatic heterocycles. The molecule has 1 aromatic rings. The number of aryl methyl sites for hydroxylation is 1. The molecule has 3 nitrogen and oxygen atoms in total. The van der Waals surface area contributed by atoms with Gasteiger partial charge in [0.15, 0.2) is 0 Å². The van der Waals surface area contributed by atoms with Crippen LogP contribution in [0.2, 0.25) is 0 Å². The molecular formula is C18H27NO2. The van der Waals surface area contributed by atoms with E-state index in [1.807, 2.05) is 6.92 Å². The highest BCUT2D eigenvalue weighted by Gasteiger charge is 2.20. The van der Waals surface area contributed by atoms with E-state index in [1.54, 1.807) is 0 Å². The van der Waals surface area contributed by atoms with Gasteiger partial charge in [-0.1, -0.05) is 29.8 Å². The minimum Gasteiger partial charge on any atom is -0.466 e. The van der Waals surface area contributed by atoms with E-state index in [0.717, 1.165) is 26.1 Å². The van der Waals surface area contributed by atoms with Gasteiger partial charge in [0.05, 0.1) is 6.61 Å². The summed E-state index contributed by atoms with van der Waals surface area (Å²) >= 11 is 0. The van der Waals surface area contributed by atoms with Crippen LogP contribution in [-0.4, -0.2) is 37.1 Å². The van der Waals surface area contributed by atoms with Crippen molar-refractivity contribution in [2.24, 2.45) is 0 Å². The number of ether oxygens (including phenoxy) is 1. The Labute approximate surface area is 128 Å². The molecule has 1 aromatic carbocycles. The van der Waals surface area contributed by atoms with Crippen LogP contribution in [-0.2, 0) is 9.53 Å². The lowest BCUT2D eigenvalue weighted by Gasteiger charge is -2.32. The lowest BCUT2D eigenvalue weighted by atomic mass is 9.89. The lowest BCUT2D eigenvalue weighted by molar-refractivity contribution is -0.143. The van der Waals surface area contributed by atoms with Crippen LogP contribution in [0.25, 0.3) is 0 Å². The minimum atomic E-state index is -0.0629. The van der Waals surface area contributed by atoms with Gasteiger partial charge in [-0.2, -0.15) is 0 Å². The summed E-state index contributed by atoms with van der Waals surface area (Å²) < 4.78 is 4.96. The zero-order valence-corrected chi connectivity index (χ0v) is 13.3. The van der Waals surface area contributed by atoms with E-state index in [9.17, 15) is 4.79 Å². The highest BCUT2D eigenvalue weighted by Crippen LogP contribution is 2.28. The maximum absolute atomic E-state index is 11.3. The van der Waals surface area contributed by atoms with Crippen molar-refractivity contribution in [3.05, 3.63) is 35.4 Å². The van der Waals surface area contributed by atoms with Gasteiger partial charge in [-0.3, -0.25) is 4.79 Å². The van der Waals surface area contributed by atoms with Crippen molar-refractivity contribution in [3.8, 4) is 0 Å². The predicted octanol–water partition coefficient (Wildman–Crippen LogP) is 3.52. The lowest BCUT2D eigenvalue weighted by Crippen LogP contribution is -2.33. The maximum Gasteiger partial charge on any atom is 0.305 e. The number of carbonyl (C=O) groups is 1. The summed E-state index contributed by atoms with van der Waals surface area (Å²) in [5.41, 5.74) is 2.81. The van der Waals surface area contributed by atoms with E-state index >= 15 is 0 Å². The van der Waals surface area contributed by atoms with Gasteiger partial charge < -0.3 is 9.64 Å². The smallest absolute Gasteiger partial charge is 0.305 e. The zero-order chi connectivity index (χ0) is 15.1. The summed E-state index contributed by atoms with van der Waals surface area (Å²) in [6, 6.07) is 8.97. The molecule has 0 unspecified atom stereocenters. The van der Waals surface area contributed by atoms with Crippen LogP contribution in [0.1, 0.15) is 49.7 Å². The molecule has 21 heavy (non-hydrogen) atoms. The Kier molecular flexibility index (Phi) is 6.24. The van der Waals surface area contributed by atoms with Gasteiger partial charge in [-0.05, 0) is 64.2 Å². The first-order valence-electron chi connectivity index (χ1n) is 8.13. The number of rotatable bonds is 6. The Morgan fingerprint density at radius 2 is 1.90 bits per heavy atom. The summed E-state index contributed by atoms with van der Waals surface area (Å²) in [6.45, 7) is 7.77. The molecule has 0 atom stereocenters. The third-order valence-corrected chi connectivity index (χ3v) is 4.30. The minimum absolute atomic E-state index is 0.0629. The third kappa shape index (κ3) is 5.16. The summed E-state index contributed by atoms with van der Waals surface area (Å²) in [5.74, 6) is 0.638. The van der Waals surface area contributed by atoms with Gasteiger partial charge in [-0.25, -0.2) is 0 Å². The Balaban J connectivity index is 1.68. The van der Waals surface area contributed by atoms with Gasteiger partial charge in [0.2, 0.25) is 0 Å². The van der Waals surface area contributed by atoms with Gasteiger partial charge in [0.25, 0.3) is 0 Å². The molecule has 0 N–H and O–H groups in total. The molecule has 0 bridgehead atoms. The number of benzene rings is 1. The van der Waals surface area contributed by atoms with Crippen molar-refractivity contribution >= 4 is 5.97 Å². The SMILES string of the molecule is CCOC(=O)CCCN1CCC(c2ccc(C)cc2)CC1. The molecule has 0 aromatic heterocycles. The monoisotopic (exact) mass is 289 g/mol. The summed E-state index contributed by atoms with van der Waals surface area (Å²) in [6.07, 6.45) is 3.91. The Morgan fingerprint density at radius 3 is 2.52 bits per heavy atom. The second-order valence-corrected chi connectivity index (χ2v) is 5.94. The second kappa shape index (κ2) is 8.18. The van der Waals surface area contributed by atoms with Gasteiger partial charge in [0.1, 0.15) is 0 Å². The molecule has 116 valence electrons. The first-order valence-corrected chi connectivity index (χ1v) is 8.13. The molecule has 0 aliphatic carbocycles. The van der Waals surface area contributed by atoms with E-state index in [1.165, 1.54) is 24.0 Å². The first-order chi connectivity index (χ1) is 10.2. The van der Waals surface area contributed by atoms with E-state index in [-0.39, 0.29) is 5.97 Å². The van der Waals surface area contributed by atoms with E-state index in [2.05, 4.69) is 36.1 Å². The zero-order valence-electron chi connectivity index (χ0n) is 13.3. The summed E-state index contributed by atoms with van der Waals surface area (Å²) in [4.78, 5) is 13.8. The third-order valence-electron chi connectivity index (χ3n) is 4.30. The van der Waals surface area contributed by atoms with E-state index in [4.69, 9.17) is 4.74 Å². The van der Waals surface area contributed by atoms with Crippen LogP contribution in [0, 0.1) is 6.92 Å². The van der Waals surface area contributed by atoms with Crippen molar-refractivity contribution in [1.82, 2.24) is 4.90 Å². The van der Waals surface area contributed by atoms with Gasteiger partial charge in [-0.15, -0.1) is 0 Å². The first kappa shape index (κ1) is 16.0. The molecule has 1 saturated heterocycles. The van der Waals surface area contributed by atoms with Crippen LogP contribution >= 0.6 is 0 Å².